The van der Waals surface area contributed by atoms with Gasteiger partial charge in [0.05, 0.1) is 11.4 Å². The number of hydrogen-bond acceptors (Lipinski definition) is 4. The van der Waals surface area contributed by atoms with Crippen molar-refractivity contribution >= 4 is 34.1 Å². The smallest absolute Gasteiger partial charge is 0.234 e. The van der Waals surface area contributed by atoms with Gasteiger partial charge in [-0.05, 0) is 60.0 Å². The molecule has 0 unspecified atom stereocenters. The van der Waals surface area contributed by atoms with Crippen molar-refractivity contribution in [3.8, 4) is 11.3 Å². The highest BCUT2D eigenvalue weighted by molar-refractivity contribution is 7.99. The highest BCUT2D eigenvalue weighted by atomic mass is 32.2. The minimum absolute atomic E-state index is 0.0518. The zero-order valence-corrected chi connectivity index (χ0v) is 17.2. The molecule has 0 saturated carbocycles. The van der Waals surface area contributed by atoms with Crippen LogP contribution in [0.15, 0.2) is 77.8 Å². The molecular formula is C24H21N3OS. The van der Waals surface area contributed by atoms with Crippen LogP contribution in [0.4, 0.5) is 5.69 Å². The Balaban J connectivity index is 1.40. The van der Waals surface area contributed by atoms with Crippen LogP contribution in [-0.2, 0) is 4.79 Å². The fourth-order valence-corrected chi connectivity index (χ4v) is 3.71. The molecular weight excluding hydrogens is 378 g/mol. The van der Waals surface area contributed by atoms with Gasteiger partial charge in [0.15, 0.2) is 0 Å². The molecule has 1 aromatic heterocycles. The second-order valence-electron chi connectivity index (χ2n) is 6.97. The Labute approximate surface area is 174 Å². The first kappa shape index (κ1) is 19.2. The van der Waals surface area contributed by atoms with E-state index in [0.717, 1.165) is 33.1 Å². The summed E-state index contributed by atoms with van der Waals surface area (Å²) in [6.07, 6.45) is 0. The van der Waals surface area contributed by atoms with E-state index < -0.39 is 0 Å². The molecule has 1 heterocycles. The Morgan fingerprint density at radius 3 is 2.52 bits per heavy atom. The molecule has 5 heteroatoms. The van der Waals surface area contributed by atoms with Crippen LogP contribution >= 0.6 is 11.8 Å². The van der Waals surface area contributed by atoms with E-state index in [-0.39, 0.29) is 11.7 Å². The number of benzene rings is 3. The molecule has 4 rings (SSSR count). The average molecular weight is 400 g/mol. The molecule has 4 aromatic rings. The summed E-state index contributed by atoms with van der Waals surface area (Å²) in [5, 5.41) is 14.7. The van der Waals surface area contributed by atoms with Crippen LogP contribution in [0.5, 0.6) is 0 Å². The number of nitrogens with one attached hydrogen (secondary N) is 1. The molecule has 4 nitrogen and oxygen atoms in total. The summed E-state index contributed by atoms with van der Waals surface area (Å²) < 4.78 is 0. The van der Waals surface area contributed by atoms with Crippen molar-refractivity contribution in [2.45, 2.75) is 18.9 Å². The molecule has 144 valence electrons. The standard InChI is InChI=1S/C24H21N3OS/c1-16-7-8-17(2)22(13-16)25-23(28)15-29-24-12-11-21(26-27-24)20-10-9-18-5-3-4-6-19(18)14-20/h3-14H,15H2,1-2H3,(H,25,28). The summed E-state index contributed by atoms with van der Waals surface area (Å²) in [4.78, 5) is 12.3. The molecule has 0 aliphatic carbocycles. The Hall–Kier alpha value is -3.18. The summed E-state index contributed by atoms with van der Waals surface area (Å²) in [5.41, 5.74) is 4.87. The predicted octanol–water partition coefficient (Wildman–Crippen LogP) is 5.64. The number of carbonyl (C=O) groups excluding carboxylic acids is 1. The van der Waals surface area contributed by atoms with Crippen LogP contribution < -0.4 is 5.32 Å². The van der Waals surface area contributed by atoms with Gasteiger partial charge >= 0.3 is 0 Å². The van der Waals surface area contributed by atoms with Gasteiger partial charge in [0.2, 0.25) is 5.91 Å². The molecule has 0 aliphatic heterocycles. The Bertz CT molecular complexity index is 1170. The molecule has 1 N–H and O–H groups in total. The average Bonchev–Trinajstić information content (AvgIpc) is 2.75. The summed E-state index contributed by atoms with van der Waals surface area (Å²) in [5.74, 6) is 0.237. The molecule has 3 aromatic carbocycles. The van der Waals surface area contributed by atoms with E-state index in [1.54, 1.807) is 0 Å². The van der Waals surface area contributed by atoms with Gasteiger partial charge in [-0.15, -0.1) is 10.2 Å². The predicted molar refractivity (Wildman–Crippen MR) is 120 cm³/mol. The van der Waals surface area contributed by atoms with Crippen molar-refractivity contribution in [2.24, 2.45) is 0 Å². The Morgan fingerprint density at radius 1 is 0.897 bits per heavy atom. The first-order chi connectivity index (χ1) is 14.1. The zero-order valence-electron chi connectivity index (χ0n) is 16.3. The third-order valence-corrected chi connectivity index (χ3v) is 5.62. The van der Waals surface area contributed by atoms with Gasteiger partial charge in [0, 0.05) is 11.3 Å². The Morgan fingerprint density at radius 2 is 1.72 bits per heavy atom. The van der Waals surface area contributed by atoms with Gasteiger partial charge in [-0.1, -0.05) is 60.3 Å². The zero-order chi connectivity index (χ0) is 20.2. The monoisotopic (exact) mass is 399 g/mol. The highest BCUT2D eigenvalue weighted by Gasteiger charge is 2.08. The maximum atomic E-state index is 12.3. The van der Waals surface area contributed by atoms with Gasteiger partial charge in [0.1, 0.15) is 5.03 Å². The molecule has 0 radical (unpaired) electrons. The van der Waals surface area contributed by atoms with E-state index in [1.165, 1.54) is 22.5 Å². The van der Waals surface area contributed by atoms with Crippen LogP contribution in [-0.4, -0.2) is 21.9 Å². The quantitative estimate of drug-likeness (QED) is 0.441. The van der Waals surface area contributed by atoms with Gasteiger partial charge in [-0.25, -0.2) is 0 Å². The molecule has 0 saturated heterocycles. The van der Waals surface area contributed by atoms with Crippen molar-refractivity contribution in [3.63, 3.8) is 0 Å². The fraction of sp³-hybridized carbons (Fsp3) is 0.125. The lowest BCUT2D eigenvalue weighted by atomic mass is 10.1. The lowest BCUT2D eigenvalue weighted by Gasteiger charge is -2.09. The van der Waals surface area contributed by atoms with Gasteiger partial charge < -0.3 is 5.32 Å². The molecule has 29 heavy (non-hydrogen) atoms. The Kier molecular flexibility index (Phi) is 5.58. The number of nitrogens with zero attached hydrogens (tertiary/aromatic N) is 2. The molecule has 0 atom stereocenters. The van der Waals surface area contributed by atoms with Crippen LogP contribution in [0.1, 0.15) is 11.1 Å². The van der Waals surface area contributed by atoms with E-state index in [2.05, 4.69) is 45.8 Å². The van der Waals surface area contributed by atoms with Crippen molar-refractivity contribution in [2.75, 3.05) is 11.1 Å². The molecule has 1 amide bonds. The summed E-state index contributed by atoms with van der Waals surface area (Å²) in [6.45, 7) is 4.00. The minimum Gasteiger partial charge on any atom is -0.325 e. The molecule has 0 aliphatic rings. The van der Waals surface area contributed by atoms with E-state index >= 15 is 0 Å². The maximum Gasteiger partial charge on any atom is 0.234 e. The van der Waals surface area contributed by atoms with Crippen molar-refractivity contribution in [3.05, 3.63) is 83.9 Å². The number of hydrogen-bond donors (Lipinski definition) is 1. The molecule has 0 bridgehead atoms. The largest absolute Gasteiger partial charge is 0.325 e. The highest BCUT2D eigenvalue weighted by Crippen LogP contribution is 2.24. The van der Waals surface area contributed by atoms with E-state index in [0.29, 0.717) is 0 Å². The number of carbonyl (C=O) groups is 1. The normalized spacial score (nSPS) is 10.8. The number of aryl methyl sites for hydroxylation is 2. The topological polar surface area (TPSA) is 54.9 Å². The lowest BCUT2D eigenvalue weighted by Crippen LogP contribution is -2.15. The molecule has 0 fully saturated rings. The van der Waals surface area contributed by atoms with Crippen LogP contribution in [0.25, 0.3) is 22.0 Å². The first-order valence-corrected chi connectivity index (χ1v) is 10.4. The van der Waals surface area contributed by atoms with Gasteiger partial charge in [0.25, 0.3) is 0 Å². The van der Waals surface area contributed by atoms with Gasteiger partial charge in [-0.3, -0.25) is 4.79 Å². The SMILES string of the molecule is Cc1ccc(C)c(NC(=O)CSc2ccc(-c3ccc4ccccc4c3)nn2)c1. The third-order valence-electron chi connectivity index (χ3n) is 4.70. The van der Waals surface area contributed by atoms with E-state index in [9.17, 15) is 4.79 Å². The number of amides is 1. The van der Waals surface area contributed by atoms with Crippen LogP contribution in [0, 0.1) is 13.8 Å². The number of rotatable bonds is 5. The van der Waals surface area contributed by atoms with E-state index in [1.807, 2.05) is 56.3 Å². The second-order valence-corrected chi connectivity index (χ2v) is 7.97. The van der Waals surface area contributed by atoms with Crippen LogP contribution in [0.2, 0.25) is 0 Å². The lowest BCUT2D eigenvalue weighted by molar-refractivity contribution is -0.113. The summed E-state index contributed by atoms with van der Waals surface area (Å²) in [7, 11) is 0. The number of anilines is 1. The fourth-order valence-electron chi connectivity index (χ4n) is 3.10. The summed E-state index contributed by atoms with van der Waals surface area (Å²) in [6, 6.07) is 24.4. The van der Waals surface area contributed by atoms with Crippen molar-refractivity contribution < 1.29 is 4.79 Å². The van der Waals surface area contributed by atoms with Gasteiger partial charge in [-0.2, -0.15) is 0 Å². The first-order valence-electron chi connectivity index (χ1n) is 9.41. The number of thioether (sulfide) groups is 1. The maximum absolute atomic E-state index is 12.3. The minimum atomic E-state index is -0.0518. The second kappa shape index (κ2) is 8.45. The number of fused-ring (bicyclic) bond motifs is 1. The van der Waals surface area contributed by atoms with Crippen LogP contribution in [0.3, 0.4) is 0 Å². The van der Waals surface area contributed by atoms with E-state index in [4.69, 9.17) is 0 Å². The third kappa shape index (κ3) is 4.63. The summed E-state index contributed by atoms with van der Waals surface area (Å²) >= 11 is 1.38. The van der Waals surface area contributed by atoms with Crippen molar-refractivity contribution in [1.82, 2.24) is 10.2 Å². The number of aromatic nitrogens is 2. The molecule has 0 spiro atoms. The van der Waals surface area contributed by atoms with Crippen molar-refractivity contribution in [1.29, 1.82) is 0 Å².